The van der Waals surface area contributed by atoms with Crippen molar-refractivity contribution in [2.75, 3.05) is 13.1 Å². The molecule has 1 fully saturated rings. The van der Waals surface area contributed by atoms with Crippen LogP contribution in [0.4, 0.5) is 4.79 Å². The highest BCUT2D eigenvalue weighted by Gasteiger charge is 2.30. The average molecular weight is 356 g/mol. The number of benzene rings is 2. The molecule has 0 aliphatic carbocycles. The van der Waals surface area contributed by atoms with Crippen LogP contribution < -0.4 is 5.32 Å². The fraction of sp³-hybridized carbons (Fsp3) is 0.263. The number of carbonyl (C=O) groups excluding carboxylic acids is 1. The second kappa shape index (κ2) is 8.07. The van der Waals surface area contributed by atoms with Gasteiger partial charge in [0.2, 0.25) is 0 Å². The highest BCUT2D eigenvalue weighted by Crippen LogP contribution is 2.30. The van der Waals surface area contributed by atoms with Crippen LogP contribution in [0.15, 0.2) is 64.4 Å². The lowest BCUT2D eigenvalue weighted by Crippen LogP contribution is -2.38. The predicted molar refractivity (Wildman–Crippen MR) is 96.6 cm³/mol. The molecule has 1 unspecified atom stereocenters. The van der Waals surface area contributed by atoms with Gasteiger partial charge in [-0.2, -0.15) is 0 Å². The Kier molecular flexibility index (Phi) is 5.60. The highest BCUT2D eigenvalue weighted by molar-refractivity contribution is 7.99. The smallest absolute Gasteiger partial charge is 0.317 e. The Bertz CT molecular complexity index is 751. The zero-order chi connectivity index (χ0) is 17.6. The second-order valence-electron chi connectivity index (χ2n) is 5.95. The molecule has 6 heteroatoms. The van der Waals surface area contributed by atoms with Gasteiger partial charge in [0.15, 0.2) is 0 Å². The molecule has 1 heterocycles. The summed E-state index contributed by atoms with van der Waals surface area (Å²) in [5.41, 5.74) is 1.04. The molecule has 0 spiro atoms. The first-order chi connectivity index (χ1) is 12.1. The van der Waals surface area contributed by atoms with E-state index in [-0.39, 0.29) is 12.6 Å². The first-order valence-electron chi connectivity index (χ1n) is 8.20. The van der Waals surface area contributed by atoms with Gasteiger partial charge in [0.1, 0.15) is 0 Å². The molecule has 3 rings (SSSR count). The van der Waals surface area contributed by atoms with Crippen molar-refractivity contribution in [2.45, 2.75) is 22.8 Å². The highest BCUT2D eigenvalue weighted by atomic mass is 32.2. The van der Waals surface area contributed by atoms with Crippen molar-refractivity contribution in [3.05, 3.63) is 60.2 Å². The number of hydrogen-bond acceptors (Lipinski definition) is 3. The Labute approximate surface area is 151 Å². The number of rotatable bonds is 5. The number of carbonyl (C=O) groups is 2. The molecule has 1 saturated heterocycles. The van der Waals surface area contributed by atoms with Crippen LogP contribution in [0.5, 0.6) is 0 Å². The zero-order valence-electron chi connectivity index (χ0n) is 13.7. The summed E-state index contributed by atoms with van der Waals surface area (Å²) in [5.74, 6) is -1.29. The molecule has 0 saturated carbocycles. The van der Waals surface area contributed by atoms with Gasteiger partial charge in [-0.1, -0.05) is 48.2 Å². The minimum absolute atomic E-state index is 0.205. The number of nitrogens with one attached hydrogen (secondary N) is 1. The third-order valence-corrected chi connectivity index (χ3v) is 5.32. The summed E-state index contributed by atoms with van der Waals surface area (Å²) in [6.45, 7) is 1.19. The average Bonchev–Trinajstić information content (AvgIpc) is 3.12. The summed E-state index contributed by atoms with van der Waals surface area (Å²) >= 11 is 1.66. The molecular formula is C19H20N2O3S. The molecule has 0 bridgehead atoms. The van der Waals surface area contributed by atoms with Crippen LogP contribution in [0.1, 0.15) is 12.0 Å². The van der Waals surface area contributed by atoms with Crippen molar-refractivity contribution in [3.63, 3.8) is 0 Å². The van der Waals surface area contributed by atoms with E-state index in [1.54, 1.807) is 16.7 Å². The van der Waals surface area contributed by atoms with Gasteiger partial charge < -0.3 is 15.3 Å². The van der Waals surface area contributed by atoms with Crippen molar-refractivity contribution < 1.29 is 14.7 Å². The van der Waals surface area contributed by atoms with Crippen LogP contribution in [0.2, 0.25) is 0 Å². The number of nitrogens with zero attached hydrogens (tertiary/aromatic N) is 1. The standard InChI is InChI=1S/C19H20N2O3S/c22-18(23)15-10-11-21(13-15)19(24)20-12-14-6-4-5-9-17(14)25-16-7-2-1-3-8-16/h1-9,15H,10-13H2,(H,20,24)(H,22,23). The van der Waals surface area contributed by atoms with Gasteiger partial charge in [0.25, 0.3) is 0 Å². The quantitative estimate of drug-likeness (QED) is 0.861. The summed E-state index contributed by atoms with van der Waals surface area (Å²) in [5, 5.41) is 11.9. The van der Waals surface area contributed by atoms with Crippen LogP contribution >= 0.6 is 11.8 Å². The monoisotopic (exact) mass is 356 g/mol. The molecule has 0 aromatic heterocycles. The number of carboxylic acid groups (broad SMARTS) is 1. The van der Waals surface area contributed by atoms with Crippen LogP contribution in [-0.2, 0) is 11.3 Å². The summed E-state index contributed by atoms with van der Waals surface area (Å²) < 4.78 is 0. The lowest BCUT2D eigenvalue weighted by molar-refractivity contribution is -0.141. The van der Waals surface area contributed by atoms with E-state index < -0.39 is 11.9 Å². The Morgan fingerprint density at radius 1 is 1.12 bits per heavy atom. The molecule has 2 aromatic rings. The largest absolute Gasteiger partial charge is 0.481 e. The van der Waals surface area contributed by atoms with Gasteiger partial charge >= 0.3 is 12.0 Å². The van der Waals surface area contributed by atoms with Crippen molar-refractivity contribution in [2.24, 2.45) is 5.92 Å². The summed E-state index contributed by atoms with van der Waals surface area (Å²) in [4.78, 5) is 27.1. The lowest BCUT2D eigenvalue weighted by atomic mass is 10.1. The van der Waals surface area contributed by atoms with Gasteiger partial charge in [-0.05, 0) is 30.2 Å². The van der Waals surface area contributed by atoms with E-state index in [0.717, 1.165) is 15.4 Å². The molecule has 1 aliphatic rings. The van der Waals surface area contributed by atoms with E-state index >= 15 is 0 Å². The molecule has 130 valence electrons. The summed E-state index contributed by atoms with van der Waals surface area (Å²) in [6.07, 6.45) is 0.517. The SMILES string of the molecule is O=C(O)C1CCN(C(=O)NCc2ccccc2Sc2ccccc2)C1. The number of amides is 2. The fourth-order valence-corrected chi connectivity index (χ4v) is 3.76. The van der Waals surface area contributed by atoms with Gasteiger partial charge in [0.05, 0.1) is 5.92 Å². The van der Waals surface area contributed by atoms with Crippen molar-refractivity contribution in [3.8, 4) is 0 Å². The molecule has 1 aliphatic heterocycles. The number of likely N-dealkylation sites (tertiary alicyclic amines) is 1. The van der Waals surface area contributed by atoms with E-state index in [1.165, 1.54) is 0 Å². The first kappa shape index (κ1) is 17.4. The predicted octanol–water partition coefficient (Wildman–Crippen LogP) is 3.45. The molecule has 25 heavy (non-hydrogen) atoms. The van der Waals surface area contributed by atoms with Gasteiger partial charge in [-0.15, -0.1) is 0 Å². The molecular weight excluding hydrogens is 336 g/mol. The molecule has 2 aromatic carbocycles. The maximum absolute atomic E-state index is 12.3. The van der Waals surface area contributed by atoms with E-state index in [9.17, 15) is 9.59 Å². The second-order valence-corrected chi connectivity index (χ2v) is 7.07. The normalized spacial score (nSPS) is 16.6. The number of aliphatic carboxylic acids is 1. The van der Waals surface area contributed by atoms with Crippen LogP contribution in [0.25, 0.3) is 0 Å². The number of urea groups is 1. The first-order valence-corrected chi connectivity index (χ1v) is 9.01. The topological polar surface area (TPSA) is 69.6 Å². The molecule has 2 N–H and O–H groups in total. The fourth-order valence-electron chi connectivity index (χ4n) is 2.79. The van der Waals surface area contributed by atoms with Crippen LogP contribution in [0, 0.1) is 5.92 Å². The van der Waals surface area contributed by atoms with Crippen molar-refractivity contribution in [1.29, 1.82) is 0 Å². The van der Waals surface area contributed by atoms with Crippen LogP contribution in [-0.4, -0.2) is 35.1 Å². The van der Waals surface area contributed by atoms with Gasteiger partial charge in [-0.25, -0.2) is 4.79 Å². The molecule has 1 atom stereocenters. The van der Waals surface area contributed by atoms with E-state index in [1.807, 2.05) is 42.5 Å². The van der Waals surface area contributed by atoms with Crippen molar-refractivity contribution in [1.82, 2.24) is 10.2 Å². The third-order valence-electron chi connectivity index (χ3n) is 4.20. The summed E-state index contributed by atoms with van der Waals surface area (Å²) in [7, 11) is 0. The zero-order valence-corrected chi connectivity index (χ0v) is 14.5. The van der Waals surface area contributed by atoms with Gasteiger partial charge in [0, 0.05) is 29.4 Å². The minimum Gasteiger partial charge on any atom is -0.481 e. The minimum atomic E-state index is -0.833. The maximum Gasteiger partial charge on any atom is 0.317 e. The van der Waals surface area contributed by atoms with E-state index in [2.05, 4.69) is 17.4 Å². The Morgan fingerprint density at radius 3 is 2.56 bits per heavy atom. The van der Waals surface area contributed by atoms with Gasteiger partial charge in [-0.3, -0.25) is 4.79 Å². The van der Waals surface area contributed by atoms with E-state index in [0.29, 0.717) is 19.5 Å². The molecule has 2 amide bonds. The van der Waals surface area contributed by atoms with Crippen molar-refractivity contribution >= 4 is 23.8 Å². The maximum atomic E-state index is 12.3. The molecule has 0 radical (unpaired) electrons. The number of hydrogen-bond donors (Lipinski definition) is 2. The summed E-state index contributed by atoms with van der Waals surface area (Å²) in [6, 6.07) is 17.8. The third kappa shape index (κ3) is 4.54. The number of carboxylic acids is 1. The Balaban J connectivity index is 1.60. The lowest BCUT2D eigenvalue weighted by Gasteiger charge is -2.17. The van der Waals surface area contributed by atoms with Crippen LogP contribution in [0.3, 0.4) is 0 Å². The molecule has 5 nitrogen and oxygen atoms in total. The Morgan fingerprint density at radius 2 is 1.84 bits per heavy atom. The Hall–Kier alpha value is -2.47. The van der Waals surface area contributed by atoms with E-state index in [4.69, 9.17) is 5.11 Å².